The first-order valence-corrected chi connectivity index (χ1v) is 9.04. The predicted octanol–water partition coefficient (Wildman–Crippen LogP) is 3.65. The molecular weight excluding hydrogens is 392 g/mol. The third-order valence-corrected chi connectivity index (χ3v) is 5.61. The van der Waals surface area contributed by atoms with Crippen molar-refractivity contribution >= 4 is 21.7 Å². The summed E-state index contributed by atoms with van der Waals surface area (Å²) in [6, 6.07) is 7.78. The van der Waals surface area contributed by atoms with E-state index in [0.717, 1.165) is 52.2 Å². The van der Waals surface area contributed by atoms with Crippen LogP contribution >= 0.6 is 15.9 Å². The molecule has 3 heterocycles. The maximum atomic E-state index is 9.38. The van der Waals surface area contributed by atoms with Gasteiger partial charge in [0.25, 0.3) is 0 Å². The third-order valence-electron chi connectivity index (χ3n) is 4.72. The third kappa shape index (κ3) is 2.62. The predicted molar refractivity (Wildman–Crippen MR) is 102 cm³/mol. The van der Waals surface area contributed by atoms with Crippen LogP contribution in [-0.4, -0.2) is 23.3 Å². The molecule has 2 aromatic rings. The molecule has 1 unspecified atom stereocenters. The highest BCUT2D eigenvalue weighted by molar-refractivity contribution is 9.10. The quantitative estimate of drug-likeness (QED) is 0.664. The van der Waals surface area contributed by atoms with Crippen LogP contribution in [0.5, 0.6) is 0 Å². The molecule has 1 aromatic carbocycles. The second-order valence-electron chi connectivity index (χ2n) is 6.13. The molecule has 7 heteroatoms. The van der Waals surface area contributed by atoms with E-state index in [-0.39, 0.29) is 5.92 Å². The van der Waals surface area contributed by atoms with Crippen LogP contribution < -0.4 is 10.6 Å². The summed E-state index contributed by atoms with van der Waals surface area (Å²) in [6.07, 6.45) is 4.73. The monoisotopic (exact) mass is 406 g/mol. The largest absolute Gasteiger partial charge is 0.350 e. The van der Waals surface area contributed by atoms with Crippen molar-refractivity contribution in [2.24, 2.45) is 0 Å². The maximum absolute atomic E-state index is 9.38. The van der Waals surface area contributed by atoms with E-state index in [2.05, 4.69) is 53.8 Å². The van der Waals surface area contributed by atoms with Crippen LogP contribution in [0.25, 0.3) is 4.85 Å². The fraction of sp³-hybridized carbons (Fsp3) is 0.211. The lowest BCUT2D eigenvalue weighted by Gasteiger charge is -2.29. The van der Waals surface area contributed by atoms with Gasteiger partial charge in [0, 0.05) is 22.3 Å². The molecule has 2 aliphatic heterocycles. The van der Waals surface area contributed by atoms with Gasteiger partial charge in [-0.1, -0.05) is 18.2 Å². The molecule has 26 heavy (non-hydrogen) atoms. The zero-order valence-corrected chi connectivity index (χ0v) is 15.4. The molecule has 4 rings (SSSR count). The number of aromatic amines is 1. The summed E-state index contributed by atoms with van der Waals surface area (Å²) in [5.74, 6) is 0.516. The summed E-state index contributed by atoms with van der Waals surface area (Å²) in [6.45, 7) is 9.54. The lowest BCUT2D eigenvalue weighted by molar-refractivity contribution is 0.704. The van der Waals surface area contributed by atoms with E-state index in [4.69, 9.17) is 6.57 Å². The van der Waals surface area contributed by atoms with Crippen LogP contribution in [0.3, 0.4) is 0 Å². The number of hydrogen-bond acceptors (Lipinski definition) is 4. The Morgan fingerprint density at radius 1 is 1.35 bits per heavy atom. The summed E-state index contributed by atoms with van der Waals surface area (Å²) < 4.78 is 0.723. The Kier molecular flexibility index (Phi) is 4.34. The molecule has 1 aromatic heterocycles. The number of nitriles is 1. The Balaban J connectivity index is 1.95. The van der Waals surface area contributed by atoms with Gasteiger partial charge in [-0.25, -0.2) is 4.85 Å². The number of hydrogen-bond donors (Lipinski definition) is 3. The number of aromatic nitrogens is 2. The number of H-pyrrole nitrogens is 1. The minimum atomic E-state index is -0.282. The van der Waals surface area contributed by atoms with Crippen molar-refractivity contribution in [3.63, 3.8) is 0 Å². The number of benzene rings is 1. The lowest BCUT2D eigenvalue weighted by Crippen LogP contribution is -2.25. The highest BCUT2D eigenvalue weighted by Gasteiger charge is 2.34. The van der Waals surface area contributed by atoms with E-state index < -0.39 is 0 Å². The van der Waals surface area contributed by atoms with Crippen LogP contribution in [0.1, 0.15) is 29.0 Å². The van der Waals surface area contributed by atoms with Crippen LogP contribution in [0.4, 0.5) is 5.82 Å². The number of allylic oxidation sites excluding steroid dienone is 2. The molecule has 128 valence electrons. The summed E-state index contributed by atoms with van der Waals surface area (Å²) in [5, 5.41) is 23.2. The topological polar surface area (TPSA) is 80.9 Å². The maximum Gasteiger partial charge on any atom is 0.200 e. The summed E-state index contributed by atoms with van der Waals surface area (Å²) in [4.78, 5) is 3.90. The minimum Gasteiger partial charge on any atom is -0.350 e. The molecule has 0 fully saturated rings. The Hall–Kier alpha value is -2.87. The van der Waals surface area contributed by atoms with Crippen molar-refractivity contribution in [2.45, 2.75) is 12.3 Å². The van der Waals surface area contributed by atoms with E-state index in [1.807, 2.05) is 12.1 Å². The fourth-order valence-electron chi connectivity index (χ4n) is 3.48. The van der Waals surface area contributed by atoms with Crippen LogP contribution in [0.15, 0.2) is 51.9 Å². The Morgan fingerprint density at radius 2 is 2.23 bits per heavy atom. The van der Waals surface area contributed by atoms with Crippen LogP contribution in [0.2, 0.25) is 0 Å². The van der Waals surface area contributed by atoms with Crippen molar-refractivity contribution in [1.82, 2.24) is 15.5 Å². The van der Waals surface area contributed by atoms with Gasteiger partial charge < -0.3 is 10.6 Å². The van der Waals surface area contributed by atoms with Crippen molar-refractivity contribution in [1.29, 1.82) is 5.26 Å². The molecule has 2 aliphatic rings. The molecule has 6 nitrogen and oxygen atoms in total. The SMILES string of the molecule is [C-]#[N+]C1=C(C2=CCNCC2)Nc2[nH]ncc2C1c1cccc(C#N)c1Br. The first-order chi connectivity index (χ1) is 12.7. The van der Waals surface area contributed by atoms with Crippen molar-refractivity contribution in [3.05, 3.63) is 80.0 Å². The number of rotatable bonds is 2. The second kappa shape index (κ2) is 6.80. The summed E-state index contributed by atoms with van der Waals surface area (Å²) in [5.41, 5.74) is 4.96. The van der Waals surface area contributed by atoms with E-state index in [9.17, 15) is 5.26 Å². The van der Waals surface area contributed by atoms with E-state index in [0.29, 0.717) is 11.3 Å². The van der Waals surface area contributed by atoms with Crippen LogP contribution in [0, 0.1) is 17.9 Å². The lowest BCUT2D eigenvalue weighted by atomic mass is 9.84. The highest BCUT2D eigenvalue weighted by Crippen LogP contribution is 2.45. The molecule has 0 saturated heterocycles. The smallest absolute Gasteiger partial charge is 0.200 e. The number of fused-ring (bicyclic) bond motifs is 1. The van der Waals surface area contributed by atoms with Crippen molar-refractivity contribution < 1.29 is 0 Å². The summed E-state index contributed by atoms with van der Waals surface area (Å²) >= 11 is 3.57. The van der Waals surface area contributed by atoms with Gasteiger partial charge in [-0.05, 0) is 46.1 Å². The van der Waals surface area contributed by atoms with Gasteiger partial charge in [0.2, 0.25) is 0 Å². The molecule has 0 saturated carbocycles. The molecule has 0 spiro atoms. The Bertz CT molecular complexity index is 1020. The van der Waals surface area contributed by atoms with Gasteiger partial charge in [0.1, 0.15) is 11.9 Å². The second-order valence-corrected chi connectivity index (χ2v) is 6.93. The van der Waals surface area contributed by atoms with Crippen molar-refractivity contribution in [3.8, 4) is 6.07 Å². The normalized spacial score (nSPS) is 19.0. The molecule has 1 atom stereocenters. The first-order valence-electron chi connectivity index (χ1n) is 8.25. The van der Waals surface area contributed by atoms with Crippen molar-refractivity contribution in [2.75, 3.05) is 18.4 Å². The molecule has 0 radical (unpaired) electrons. The van der Waals surface area contributed by atoms with E-state index in [1.165, 1.54) is 0 Å². The minimum absolute atomic E-state index is 0.282. The molecule has 0 aliphatic carbocycles. The summed E-state index contributed by atoms with van der Waals surface area (Å²) in [7, 11) is 0. The first kappa shape index (κ1) is 16.6. The highest BCUT2D eigenvalue weighted by atomic mass is 79.9. The van der Waals surface area contributed by atoms with Gasteiger partial charge in [-0.2, -0.15) is 10.4 Å². The van der Waals surface area contributed by atoms with E-state index >= 15 is 0 Å². The van der Waals surface area contributed by atoms with Gasteiger partial charge in [-0.3, -0.25) is 5.10 Å². The fourth-order valence-corrected chi connectivity index (χ4v) is 4.07. The number of nitrogens with zero attached hydrogens (tertiary/aromatic N) is 3. The average molecular weight is 407 g/mol. The van der Waals surface area contributed by atoms with E-state index in [1.54, 1.807) is 12.3 Å². The molecule has 3 N–H and O–H groups in total. The van der Waals surface area contributed by atoms with Gasteiger partial charge in [-0.15, -0.1) is 0 Å². The zero-order chi connectivity index (χ0) is 18.1. The molecular formula is C19H15BrN6. The zero-order valence-electron chi connectivity index (χ0n) is 13.8. The Morgan fingerprint density at radius 3 is 2.96 bits per heavy atom. The number of anilines is 1. The number of halogens is 1. The Labute approximate surface area is 159 Å². The standard InChI is InChI=1S/C19H15BrN6/c1-22-18-15(13-4-2-3-12(9-21)16(13)20)14-10-24-26-19(14)25-17(18)11-5-7-23-8-6-11/h2-5,10,15,23H,6-8H2,(H2,24,25,26). The van der Waals surface area contributed by atoms with Crippen LogP contribution in [-0.2, 0) is 0 Å². The van der Waals surface area contributed by atoms with Gasteiger partial charge >= 0.3 is 0 Å². The molecule has 0 bridgehead atoms. The van der Waals surface area contributed by atoms with Gasteiger partial charge in [0.15, 0.2) is 5.70 Å². The average Bonchev–Trinajstić information content (AvgIpc) is 3.16. The van der Waals surface area contributed by atoms with Gasteiger partial charge in [0.05, 0.1) is 24.3 Å². The molecule has 0 amide bonds. The number of nitrogens with one attached hydrogen (secondary N) is 3.